The molecule has 0 fully saturated rings. The number of aromatic nitrogens is 7. The molecule has 280 valence electrons. The van der Waals surface area contributed by atoms with Gasteiger partial charge in [-0.25, -0.2) is 9.97 Å². The fraction of sp³-hybridized carbons (Fsp3) is 0. The Bertz CT molecular complexity index is 3350. The van der Waals surface area contributed by atoms with Gasteiger partial charge in [-0.1, -0.05) is 78.9 Å². The first kappa shape index (κ1) is 33.7. The second-order valence-corrected chi connectivity index (χ2v) is 14.8. The van der Waals surface area contributed by atoms with E-state index in [4.69, 9.17) is 29.9 Å². The Kier molecular flexibility index (Phi) is 7.67. The zero-order valence-electron chi connectivity index (χ0n) is 32.1. The van der Waals surface area contributed by atoms with Gasteiger partial charge in [-0.3, -0.25) is 24.5 Å². The number of para-hydroxylation sites is 1. The Morgan fingerprint density at radius 3 is 1.63 bits per heavy atom. The van der Waals surface area contributed by atoms with Gasteiger partial charge in [0.25, 0.3) is 0 Å². The summed E-state index contributed by atoms with van der Waals surface area (Å²) in [4.78, 5) is 31.9. The second kappa shape index (κ2) is 13.6. The molecule has 0 spiro atoms. The minimum absolute atomic E-state index is 0.522. The summed E-state index contributed by atoms with van der Waals surface area (Å²) in [6.45, 7) is 0. The van der Waals surface area contributed by atoms with Crippen molar-refractivity contribution in [2.24, 2.45) is 0 Å². The third-order valence-electron chi connectivity index (χ3n) is 11.4. The van der Waals surface area contributed by atoms with Crippen LogP contribution in [0.1, 0.15) is 0 Å². The van der Waals surface area contributed by atoms with Gasteiger partial charge in [0.15, 0.2) is 0 Å². The quantitative estimate of drug-likeness (QED) is 0.166. The molecule has 1 aliphatic rings. The van der Waals surface area contributed by atoms with Gasteiger partial charge < -0.3 is 4.90 Å². The maximum absolute atomic E-state index is 5.28. The lowest BCUT2D eigenvalue weighted by atomic mass is 9.86. The summed E-state index contributed by atoms with van der Waals surface area (Å²) in [5.41, 5.74) is 14.3. The summed E-state index contributed by atoms with van der Waals surface area (Å²) >= 11 is 0. The summed E-state index contributed by atoms with van der Waals surface area (Å²) < 4.78 is 2.19. The highest BCUT2D eigenvalue weighted by molar-refractivity contribution is 6.26. The standard InChI is InChI=1S/C52H32N8/c1-2-13-34(14-3-1)59-47-20-12-15-36-35(41-17-5-9-28-54-41)22-23-37(49(36)47)38-24-26-48-50(51(38)59)39-31-33(40-16-4-8-27-53-40)21-25-46(39)60(48)52-57-44(42-18-6-10-29-55-42)32-45(58-52)43-19-7-11-30-56-43/h1-32H. The molecule has 6 aromatic heterocycles. The molecule has 0 atom stereocenters. The molecule has 8 heteroatoms. The summed E-state index contributed by atoms with van der Waals surface area (Å²) in [6.07, 6.45) is 7.28. The molecule has 7 heterocycles. The molecule has 12 rings (SSSR count). The zero-order chi connectivity index (χ0) is 39.6. The van der Waals surface area contributed by atoms with Crippen LogP contribution < -0.4 is 4.90 Å². The van der Waals surface area contributed by atoms with Crippen molar-refractivity contribution in [2.45, 2.75) is 0 Å². The van der Waals surface area contributed by atoms with Gasteiger partial charge in [0.2, 0.25) is 5.95 Å². The molecule has 0 N–H and O–H groups in total. The van der Waals surface area contributed by atoms with Gasteiger partial charge in [-0.15, -0.1) is 0 Å². The number of benzene rings is 5. The molecular formula is C52H32N8. The minimum Gasteiger partial charge on any atom is -0.309 e. The van der Waals surface area contributed by atoms with Crippen molar-refractivity contribution < 1.29 is 0 Å². The lowest BCUT2D eigenvalue weighted by Gasteiger charge is -2.34. The van der Waals surface area contributed by atoms with Crippen molar-refractivity contribution >= 4 is 49.6 Å². The third-order valence-corrected chi connectivity index (χ3v) is 11.4. The Balaban J connectivity index is 1.21. The molecule has 1 aliphatic heterocycles. The number of pyridine rings is 4. The fourth-order valence-corrected chi connectivity index (χ4v) is 8.79. The van der Waals surface area contributed by atoms with Crippen LogP contribution in [0.4, 0.5) is 17.1 Å². The predicted molar refractivity (Wildman–Crippen MR) is 240 cm³/mol. The van der Waals surface area contributed by atoms with Crippen LogP contribution in [-0.4, -0.2) is 34.5 Å². The minimum atomic E-state index is 0.522. The molecule has 8 nitrogen and oxygen atoms in total. The summed E-state index contributed by atoms with van der Waals surface area (Å²) in [6, 6.07) is 58.6. The molecule has 0 bridgehead atoms. The van der Waals surface area contributed by atoms with Crippen LogP contribution in [-0.2, 0) is 0 Å². The lowest BCUT2D eigenvalue weighted by molar-refractivity contribution is 0.988. The van der Waals surface area contributed by atoms with Crippen LogP contribution in [0, 0.1) is 0 Å². The number of hydrogen-bond acceptors (Lipinski definition) is 7. The van der Waals surface area contributed by atoms with Gasteiger partial charge in [0.1, 0.15) is 0 Å². The number of anilines is 3. The monoisotopic (exact) mass is 768 g/mol. The van der Waals surface area contributed by atoms with E-state index in [1.54, 1.807) is 12.4 Å². The Morgan fingerprint density at radius 1 is 0.367 bits per heavy atom. The smallest absolute Gasteiger partial charge is 0.235 e. The average molecular weight is 769 g/mol. The van der Waals surface area contributed by atoms with E-state index >= 15 is 0 Å². The first-order valence-corrected chi connectivity index (χ1v) is 19.9. The molecular weight excluding hydrogens is 737 g/mol. The molecule has 0 saturated carbocycles. The van der Waals surface area contributed by atoms with E-state index in [-0.39, 0.29) is 0 Å². The average Bonchev–Trinajstić information content (AvgIpc) is 3.67. The first-order valence-electron chi connectivity index (χ1n) is 19.9. The van der Waals surface area contributed by atoms with Gasteiger partial charge in [0.05, 0.1) is 56.6 Å². The first-order chi connectivity index (χ1) is 29.8. The highest BCUT2D eigenvalue weighted by atomic mass is 15.2. The van der Waals surface area contributed by atoms with Crippen molar-refractivity contribution in [3.05, 3.63) is 195 Å². The van der Waals surface area contributed by atoms with E-state index in [2.05, 4.69) is 113 Å². The van der Waals surface area contributed by atoms with Crippen LogP contribution in [0.2, 0.25) is 0 Å². The number of hydrogen-bond donors (Lipinski definition) is 0. The number of nitrogens with zero attached hydrogens (tertiary/aromatic N) is 8. The van der Waals surface area contributed by atoms with Crippen LogP contribution in [0.5, 0.6) is 0 Å². The largest absolute Gasteiger partial charge is 0.309 e. The van der Waals surface area contributed by atoms with Crippen molar-refractivity contribution in [1.29, 1.82) is 0 Å². The van der Waals surface area contributed by atoms with E-state index in [1.165, 1.54) is 5.39 Å². The molecule has 0 aliphatic carbocycles. The SMILES string of the molecule is c1ccc(N2c3cccc4c(-c5ccccn5)ccc(c34)-c3ccc4c(c32)c2cc(-c3ccccn3)ccc2n4-c2nc(-c3ccccn3)cc(-c3ccccn3)n2)cc1. The molecule has 0 unspecified atom stereocenters. The van der Waals surface area contributed by atoms with Crippen molar-refractivity contribution in [2.75, 3.05) is 4.90 Å². The topological polar surface area (TPSA) is 85.5 Å². The normalized spacial score (nSPS) is 12.0. The number of rotatable bonds is 6. The fourth-order valence-electron chi connectivity index (χ4n) is 8.79. The molecule has 0 saturated heterocycles. The van der Waals surface area contributed by atoms with E-state index < -0.39 is 0 Å². The van der Waals surface area contributed by atoms with Crippen LogP contribution >= 0.6 is 0 Å². The van der Waals surface area contributed by atoms with Crippen molar-refractivity contribution in [1.82, 2.24) is 34.5 Å². The third kappa shape index (κ3) is 5.32. The zero-order valence-corrected chi connectivity index (χ0v) is 32.1. The molecule has 60 heavy (non-hydrogen) atoms. The summed E-state index contributed by atoms with van der Waals surface area (Å²) in [5, 5.41) is 4.46. The van der Waals surface area contributed by atoms with E-state index in [0.29, 0.717) is 17.3 Å². The number of fused-ring (bicyclic) bond motifs is 6. The van der Waals surface area contributed by atoms with Gasteiger partial charge in [-0.05, 0) is 102 Å². The van der Waals surface area contributed by atoms with E-state index in [1.807, 2.05) is 79.1 Å². The predicted octanol–water partition coefficient (Wildman–Crippen LogP) is 12.4. The Morgan fingerprint density at radius 2 is 0.967 bits per heavy atom. The highest BCUT2D eigenvalue weighted by Crippen LogP contribution is 2.56. The molecule has 11 aromatic rings. The van der Waals surface area contributed by atoms with E-state index in [0.717, 1.165) is 89.3 Å². The summed E-state index contributed by atoms with van der Waals surface area (Å²) in [7, 11) is 0. The van der Waals surface area contributed by atoms with Crippen molar-refractivity contribution in [3.63, 3.8) is 0 Å². The van der Waals surface area contributed by atoms with Crippen LogP contribution in [0.15, 0.2) is 195 Å². The molecule has 0 radical (unpaired) electrons. The van der Waals surface area contributed by atoms with E-state index in [9.17, 15) is 0 Å². The van der Waals surface area contributed by atoms with Crippen molar-refractivity contribution in [3.8, 4) is 62.4 Å². The van der Waals surface area contributed by atoms with Gasteiger partial charge in [0, 0.05) is 63.3 Å². The summed E-state index contributed by atoms with van der Waals surface area (Å²) in [5.74, 6) is 0.522. The maximum Gasteiger partial charge on any atom is 0.235 e. The lowest BCUT2D eigenvalue weighted by Crippen LogP contribution is -2.15. The van der Waals surface area contributed by atoms with Gasteiger partial charge >= 0.3 is 0 Å². The van der Waals surface area contributed by atoms with Crippen LogP contribution in [0.25, 0.3) is 94.9 Å². The Hall–Kier alpha value is -8.36. The highest BCUT2D eigenvalue weighted by Gasteiger charge is 2.31. The molecule has 5 aromatic carbocycles. The van der Waals surface area contributed by atoms with Crippen LogP contribution in [0.3, 0.4) is 0 Å². The second-order valence-electron chi connectivity index (χ2n) is 14.8. The maximum atomic E-state index is 5.28. The van der Waals surface area contributed by atoms with Gasteiger partial charge in [-0.2, -0.15) is 0 Å². The Labute approximate surface area is 344 Å². The molecule has 0 amide bonds.